The first-order valence-corrected chi connectivity index (χ1v) is 6.98. The fourth-order valence-corrected chi connectivity index (χ4v) is 2.58. The summed E-state index contributed by atoms with van der Waals surface area (Å²) in [6, 6.07) is 7.84. The lowest BCUT2D eigenvalue weighted by Gasteiger charge is -2.16. The van der Waals surface area contributed by atoms with Crippen LogP contribution in [0.25, 0.3) is 0 Å². The third-order valence-corrected chi connectivity index (χ3v) is 3.81. The Kier molecular flexibility index (Phi) is 4.76. The maximum absolute atomic E-state index is 6.24. The van der Waals surface area contributed by atoms with Crippen LogP contribution in [0.4, 0.5) is 0 Å². The van der Waals surface area contributed by atoms with E-state index >= 15 is 0 Å². The lowest BCUT2D eigenvalue weighted by Crippen LogP contribution is -2.14. The molecular formula is C14H17N3OS. The highest BCUT2D eigenvalue weighted by molar-refractivity contribution is 7.99. The van der Waals surface area contributed by atoms with Gasteiger partial charge in [0, 0.05) is 23.6 Å². The second-order valence-corrected chi connectivity index (χ2v) is 5.25. The predicted molar refractivity (Wildman–Crippen MR) is 77.4 cm³/mol. The quantitative estimate of drug-likeness (QED) is 0.671. The van der Waals surface area contributed by atoms with Crippen LogP contribution in [0.2, 0.25) is 0 Å². The fraction of sp³-hybridized carbons (Fsp3) is 0.286. The van der Waals surface area contributed by atoms with Crippen molar-refractivity contribution in [1.29, 1.82) is 0 Å². The molecule has 2 aromatic rings. The smallest absolute Gasteiger partial charge is 0.123 e. The van der Waals surface area contributed by atoms with E-state index in [0.717, 1.165) is 22.1 Å². The minimum Gasteiger partial charge on any atom is -0.496 e. The van der Waals surface area contributed by atoms with Crippen molar-refractivity contribution in [2.45, 2.75) is 18.0 Å². The van der Waals surface area contributed by atoms with Gasteiger partial charge >= 0.3 is 0 Å². The Hall–Kier alpha value is -1.59. The van der Waals surface area contributed by atoms with Crippen LogP contribution in [0.3, 0.4) is 0 Å². The van der Waals surface area contributed by atoms with Gasteiger partial charge in [0.15, 0.2) is 0 Å². The van der Waals surface area contributed by atoms with E-state index in [9.17, 15) is 0 Å². The number of ether oxygens (including phenoxy) is 1. The van der Waals surface area contributed by atoms with E-state index in [-0.39, 0.29) is 6.04 Å². The minimum absolute atomic E-state index is 0.0881. The first-order valence-electron chi connectivity index (χ1n) is 5.99. The van der Waals surface area contributed by atoms with E-state index in [1.54, 1.807) is 31.4 Å². The first kappa shape index (κ1) is 13.8. The molecule has 0 fully saturated rings. The number of hydrogen-bond acceptors (Lipinski definition) is 5. The number of hydrogen-bond donors (Lipinski definition) is 1. The van der Waals surface area contributed by atoms with Gasteiger partial charge in [0.25, 0.3) is 0 Å². The lowest BCUT2D eigenvalue weighted by molar-refractivity contribution is 0.407. The van der Waals surface area contributed by atoms with Crippen LogP contribution >= 0.6 is 11.8 Å². The second kappa shape index (κ2) is 6.54. The van der Waals surface area contributed by atoms with Crippen molar-refractivity contribution in [2.24, 2.45) is 5.73 Å². The Balaban J connectivity index is 2.07. The van der Waals surface area contributed by atoms with Gasteiger partial charge < -0.3 is 10.5 Å². The molecular weight excluding hydrogens is 258 g/mol. The monoisotopic (exact) mass is 275 g/mol. The standard InChI is InChI=1S/C14H17N3OS/c1-10-3-4-13(18-2)11(7-10)12(15)8-19-14-5-6-16-9-17-14/h3-7,9,12H,8,15H2,1-2H3. The minimum atomic E-state index is -0.0881. The topological polar surface area (TPSA) is 61.0 Å². The number of rotatable bonds is 5. The van der Waals surface area contributed by atoms with Crippen molar-refractivity contribution in [2.75, 3.05) is 12.9 Å². The van der Waals surface area contributed by atoms with Gasteiger partial charge in [0.05, 0.1) is 12.1 Å². The van der Waals surface area contributed by atoms with Crippen molar-refractivity contribution in [3.05, 3.63) is 47.9 Å². The van der Waals surface area contributed by atoms with E-state index in [2.05, 4.69) is 16.0 Å². The number of aryl methyl sites for hydroxylation is 1. The van der Waals surface area contributed by atoms with Crippen LogP contribution in [-0.4, -0.2) is 22.8 Å². The molecule has 19 heavy (non-hydrogen) atoms. The van der Waals surface area contributed by atoms with Crippen LogP contribution in [-0.2, 0) is 0 Å². The lowest BCUT2D eigenvalue weighted by atomic mass is 10.1. The van der Waals surface area contributed by atoms with Crippen LogP contribution < -0.4 is 10.5 Å². The molecule has 0 aliphatic rings. The first-order chi connectivity index (χ1) is 9.20. The van der Waals surface area contributed by atoms with E-state index in [4.69, 9.17) is 10.5 Å². The molecule has 1 aromatic heterocycles. The van der Waals surface area contributed by atoms with Gasteiger partial charge in [-0.3, -0.25) is 0 Å². The molecule has 1 atom stereocenters. The zero-order valence-electron chi connectivity index (χ0n) is 11.0. The van der Waals surface area contributed by atoms with Gasteiger partial charge in [-0.05, 0) is 19.1 Å². The molecule has 0 saturated heterocycles. The number of methoxy groups -OCH3 is 1. The molecule has 0 bridgehead atoms. The van der Waals surface area contributed by atoms with E-state index in [0.29, 0.717) is 0 Å². The molecule has 0 saturated carbocycles. The largest absolute Gasteiger partial charge is 0.496 e. The van der Waals surface area contributed by atoms with E-state index < -0.39 is 0 Å². The molecule has 0 aliphatic heterocycles. The number of nitrogens with two attached hydrogens (primary N) is 1. The Morgan fingerprint density at radius 2 is 2.21 bits per heavy atom. The third kappa shape index (κ3) is 3.68. The van der Waals surface area contributed by atoms with Gasteiger partial charge in [0.1, 0.15) is 12.1 Å². The molecule has 1 unspecified atom stereocenters. The molecule has 1 heterocycles. The number of aromatic nitrogens is 2. The number of thioether (sulfide) groups is 1. The average molecular weight is 275 g/mol. The molecule has 2 rings (SSSR count). The van der Waals surface area contributed by atoms with Crippen molar-refractivity contribution in [1.82, 2.24) is 9.97 Å². The second-order valence-electron chi connectivity index (χ2n) is 4.21. The molecule has 5 heteroatoms. The summed E-state index contributed by atoms with van der Waals surface area (Å²) >= 11 is 1.62. The van der Waals surface area contributed by atoms with E-state index in [1.807, 2.05) is 25.1 Å². The van der Waals surface area contributed by atoms with Gasteiger partial charge in [-0.2, -0.15) is 0 Å². The van der Waals surface area contributed by atoms with Gasteiger partial charge in [-0.1, -0.05) is 17.7 Å². The van der Waals surface area contributed by atoms with Crippen LogP contribution in [0, 0.1) is 6.92 Å². The van der Waals surface area contributed by atoms with Gasteiger partial charge in [-0.15, -0.1) is 11.8 Å². The third-order valence-electron chi connectivity index (χ3n) is 2.75. The van der Waals surface area contributed by atoms with Crippen molar-refractivity contribution < 1.29 is 4.74 Å². The molecule has 0 radical (unpaired) electrons. The van der Waals surface area contributed by atoms with Crippen LogP contribution in [0.5, 0.6) is 5.75 Å². The number of benzene rings is 1. The molecule has 0 aliphatic carbocycles. The SMILES string of the molecule is COc1ccc(C)cc1C(N)CSc1ccncn1. The molecule has 0 amide bonds. The predicted octanol–water partition coefficient (Wildman–Crippen LogP) is 2.59. The molecule has 0 spiro atoms. The average Bonchev–Trinajstić information content (AvgIpc) is 2.46. The summed E-state index contributed by atoms with van der Waals surface area (Å²) in [5.41, 5.74) is 8.45. The Bertz CT molecular complexity index is 533. The normalized spacial score (nSPS) is 12.2. The summed E-state index contributed by atoms with van der Waals surface area (Å²) in [5.74, 6) is 1.58. The molecule has 1 aromatic carbocycles. The highest BCUT2D eigenvalue weighted by Gasteiger charge is 2.12. The molecule has 4 nitrogen and oxygen atoms in total. The van der Waals surface area contributed by atoms with Crippen molar-refractivity contribution in [3.63, 3.8) is 0 Å². The fourth-order valence-electron chi connectivity index (χ4n) is 1.77. The van der Waals surface area contributed by atoms with Crippen LogP contribution in [0.1, 0.15) is 17.2 Å². The Labute approximate surface area is 117 Å². The summed E-state index contributed by atoms with van der Waals surface area (Å²) in [6.07, 6.45) is 3.27. The number of nitrogens with zero attached hydrogens (tertiary/aromatic N) is 2. The summed E-state index contributed by atoms with van der Waals surface area (Å²) in [7, 11) is 1.67. The molecule has 100 valence electrons. The maximum Gasteiger partial charge on any atom is 0.123 e. The van der Waals surface area contributed by atoms with Crippen molar-refractivity contribution in [3.8, 4) is 5.75 Å². The highest BCUT2D eigenvalue weighted by atomic mass is 32.2. The summed E-state index contributed by atoms with van der Waals surface area (Å²) in [5, 5.41) is 0.928. The molecule has 2 N–H and O–H groups in total. The zero-order valence-corrected chi connectivity index (χ0v) is 11.9. The summed E-state index contributed by atoms with van der Waals surface area (Å²) < 4.78 is 5.36. The Morgan fingerprint density at radius 1 is 1.37 bits per heavy atom. The summed E-state index contributed by atoms with van der Waals surface area (Å²) in [4.78, 5) is 8.06. The summed E-state index contributed by atoms with van der Waals surface area (Å²) in [6.45, 7) is 2.05. The van der Waals surface area contributed by atoms with E-state index in [1.165, 1.54) is 5.56 Å². The van der Waals surface area contributed by atoms with Gasteiger partial charge in [0.2, 0.25) is 0 Å². The maximum atomic E-state index is 6.24. The van der Waals surface area contributed by atoms with Gasteiger partial charge in [-0.25, -0.2) is 9.97 Å². The highest BCUT2D eigenvalue weighted by Crippen LogP contribution is 2.28. The Morgan fingerprint density at radius 3 is 2.89 bits per heavy atom. The van der Waals surface area contributed by atoms with Crippen molar-refractivity contribution >= 4 is 11.8 Å². The zero-order chi connectivity index (χ0) is 13.7. The van der Waals surface area contributed by atoms with Crippen LogP contribution in [0.15, 0.2) is 41.8 Å².